The summed E-state index contributed by atoms with van der Waals surface area (Å²) in [4.78, 5) is 22.2. The summed E-state index contributed by atoms with van der Waals surface area (Å²) in [7, 11) is 0. The molecule has 22 heavy (non-hydrogen) atoms. The van der Waals surface area contributed by atoms with Crippen molar-refractivity contribution in [2.24, 2.45) is 0 Å². The molecule has 0 radical (unpaired) electrons. The Balaban J connectivity index is 1.71. The lowest BCUT2D eigenvalue weighted by molar-refractivity contribution is 0.0477. The lowest BCUT2D eigenvalue weighted by Gasteiger charge is -2.03. The highest BCUT2D eigenvalue weighted by Crippen LogP contribution is 2.31. The molecule has 0 saturated carbocycles. The second-order valence-corrected chi connectivity index (χ2v) is 6.81. The van der Waals surface area contributed by atoms with Crippen molar-refractivity contribution in [3.63, 3.8) is 0 Å². The van der Waals surface area contributed by atoms with Gasteiger partial charge in [0.05, 0.1) is 10.6 Å². The molecule has 3 aromatic rings. The van der Waals surface area contributed by atoms with Crippen LogP contribution in [0, 0.1) is 6.92 Å². The van der Waals surface area contributed by atoms with Crippen LogP contribution in [0.3, 0.4) is 0 Å². The van der Waals surface area contributed by atoms with Crippen molar-refractivity contribution in [3.05, 3.63) is 57.1 Å². The average Bonchev–Trinajstić information content (AvgIpc) is 3.15. The van der Waals surface area contributed by atoms with Gasteiger partial charge in [-0.3, -0.25) is 0 Å². The molecule has 0 saturated heterocycles. The van der Waals surface area contributed by atoms with Crippen LogP contribution in [0.15, 0.2) is 35.8 Å². The third kappa shape index (κ3) is 3.35. The molecule has 112 valence electrons. The van der Waals surface area contributed by atoms with Gasteiger partial charge in [-0.15, -0.1) is 22.7 Å². The molecule has 4 nitrogen and oxygen atoms in total. The van der Waals surface area contributed by atoms with Crippen LogP contribution in [0.1, 0.15) is 20.9 Å². The van der Waals surface area contributed by atoms with Crippen LogP contribution in [-0.4, -0.2) is 15.9 Å². The third-order valence-electron chi connectivity index (χ3n) is 2.87. The van der Waals surface area contributed by atoms with E-state index in [9.17, 15) is 4.79 Å². The van der Waals surface area contributed by atoms with E-state index in [1.54, 1.807) is 29.7 Å². The first kappa shape index (κ1) is 15.1. The van der Waals surface area contributed by atoms with Crippen molar-refractivity contribution in [2.75, 3.05) is 0 Å². The van der Waals surface area contributed by atoms with Gasteiger partial charge in [-0.05, 0) is 24.4 Å². The van der Waals surface area contributed by atoms with E-state index in [2.05, 4.69) is 9.97 Å². The van der Waals surface area contributed by atoms with Crippen molar-refractivity contribution in [3.8, 4) is 9.88 Å². The lowest BCUT2D eigenvalue weighted by atomic mass is 10.3. The second-order valence-electron chi connectivity index (χ2n) is 4.48. The second kappa shape index (κ2) is 6.56. The summed E-state index contributed by atoms with van der Waals surface area (Å²) in [6.07, 6.45) is 1.59. The van der Waals surface area contributed by atoms with E-state index in [1.807, 2.05) is 24.4 Å². The molecule has 7 heteroatoms. The zero-order valence-corrected chi connectivity index (χ0v) is 14.0. The van der Waals surface area contributed by atoms with E-state index >= 15 is 0 Å². The number of pyridine rings is 1. The van der Waals surface area contributed by atoms with Crippen LogP contribution < -0.4 is 0 Å². The largest absolute Gasteiger partial charge is 0.457 e. The van der Waals surface area contributed by atoms with Gasteiger partial charge in [0.2, 0.25) is 0 Å². The number of hydrogen-bond donors (Lipinski definition) is 0. The van der Waals surface area contributed by atoms with Gasteiger partial charge < -0.3 is 4.74 Å². The third-order valence-corrected chi connectivity index (χ3v) is 5.27. The number of hydrogen-bond acceptors (Lipinski definition) is 6. The van der Waals surface area contributed by atoms with E-state index in [4.69, 9.17) is 16.3 Å². The standard InChI is InChI=1S/C15H11ClN2O2S2/c1-9-13(22-14(18-9)11-3-2-6-21-11)15(19)20-8-10-4-5-12(16)17-7-10/h2-7H,8H2,1H3. The first-order valence-electron chi connectivity index (χ1n) is 6.42. The number of ether oxygens (including phenoxy) is 1. The highest BCUT2D eigenvalue weighted by atomic mass is 35.5. The number of carbonyl (C=O) groups excluding carboxylic acids is 1. The van der Waals surface area contributed by atoms with Crippen molar-refractivity contribution in [1.82, 2.24) is 9.97 Å². The maximum atomic E-state index is 12.2. The predicted octanol–water partition coefficient (Wildman–Crippen LogP) is 4.59. The summed E-state index contributed by atoms with van der Waals surface area (Å²) in [6.45, 7) is 1.97. The van der Waals surface area contributed by atoms with Gasteiger partial charge in [0.1, 0.15) is 21.6 Å². The molecule has 0 aliphatic heterocycles. The van der Waals surface area contributed by atoms with Gasteiger partial charge >= 0.3 is 5.97 Å². The number of halogens is 1. The van der Waals surface area contributed by atoms with Crippen LogP contribution in [0.25, 0.3) is 9.88 Å². The van der Waals surface area contributed by atoms with Gasteiger partial charge in [0.25, 0.3) is 0 Å². The Labute approximate surface area is 140 Å². The highest BCUT2D eigenvalue weighted by molar-refractivity contribution is 7.22. The molecule has 0 amide bonds. The van der Waals surface area contributed by atoms with E-state index < -0.39 is 0 Å². The summed E-state index contributed by atoms with van der Waals surface area (Å²) < 4.78 is 5.32. The fourth-order valence-corrected chi connectivity index (χ4v) is 3.67. The zero-order chi connectivity index (χ0) is 15.5. The number of rotatable bonds is 4. The maximum Gasteiger partial charge on any atom is 0.350 e. The molecular formula is C15H11ClN2O2S2. The van der Waals surface area contributed by atoms with Crippen LogP contribution in [0.2, 0.25) is 5.15 Å². The number of aromatic nitrogens is 2. The summed E-state index contributed by atoms with van der Waals surface area (Å²) in [5.41, 5.74) is 1.48. The van der Waals surface area contributed by atoms with Crippen molar-refractivity contribution < 1.29 is 9.53 Å². The molecule has 0 unspecified atom stereocenters. The quantitative estimate of drug-likeness (QED) is 0.510. The number of thiazole rings is 1. The first-order chi connectivity index (χ1) is 10.6. The highest BCUT2D eigenvalue weighted by Gasteiger charge is 2.18. The first-order valence-corrected chi connectivity index (χ1v) is 8.50. The predicted molar refractivity (Wildman–Crippen MR) is 88.5 cm³/mol. The molecule has 0 aromatic carbocycles. The summed E-state index contributed by atoms with van der Waals surface area (Å²) in [5, 5.41) is 3.24. The number of nitrogens with zero attached hydrogens (tertiary/aromatic N) is 2. The lowest BCUT2D eigenvalue weighted by Crippen LogP contribution is -2.05. The smallest absolute Gasteiger partial charge is 0.350 e. The molecule has 0 bridgehead atoms. The Morgan fingerprint density at radius 2 is 2.23 bits per heavy atom. The molecule has 3 rings (SSSR count). The van der Waals surface area contributed by atoms with Gasteiger partial charge in [0.15, 0.2) is 0 Å². The fraction of sp³-hybridized carbons (Fsp3) is 0.133. The molecule has 0 aliphatic rings. The van der Waals surface area contributed by atoms with E-state index in [1.165, 1.54) is 11.3 Å². The molecule has 0 N–H and O–H groups in total. The van der Waals surface area contributed by atoms with E-state index in [0.29, 0.717) is 15.7 Å². The van der Waals surface area contributed by atoms with Gasteiger partial charge in [0, 0.05) is 11.8 Å². The summed E-state index contributed by atoms with van der Waals surface area (Å²) in [5.74, 6) is -0.368. The zero-order valence-electron chi connectivity index (χ0n) is 11.6. The van der Waals surface area contributed by atoms with E-state index in [0.717, 1.165) is 15.4 Å². The Bertz CT molecular complexity index is 782. The number of carbonyl (C=O) groups is 1. The van der Waals surface area contributed by atoms with Crippen LogP contribution in [0.5, 0.6) is 0 Å². The molecule has 0 spiro atoms. The number of aryl methyl sites for hydroxylation is 1. The SMILES string of the molecule is Cc1nc(-c2cccs2)sc1C(=O)OCc1ccc(Cl)nc1. The Hall–Kier alpha value is -1.76. The molecule has 3 heterocycles. The van der Waals surface area contributed by atoms with Crippen LogP contribution in [0.4, 0.5) is 0 Å². The van der Waals surface area contributed by atoms with Crippen LogP contribution >= 0.6 is 34.3 Å². The molecular weight excluding hydrogens is 340 g/mol. The number of esters is 1. The normalized spacial score (nSPS) is 10.6. The Kier molecular flexibility index (Phi) is 4.52. The molecule has 0 aliphatic carbocycles. The van der Waals surface area contributed by atoms with Crippen molar-refractivity contribution in [1.29, 1.82) is 0 Å². The fourth-order valence-electron chi connectivity index (χ4n) is 1.80. The van der Waals surface area contributed by atoms with Gasteiger partial charge in [-0.1, -0.05) is 23.7 Å². The molecule has 3 aromatic heterocycles. The van der Waals surface area contributed by atoms with E-state index in [-0.39, 0.29) is 12.6 Å². The molecule has 0 atom stereocenters. The maximum absolute atomic E-state index is 12.2. The minimum absolute atomic E-state index is 0.161. The Morgan fingerprint density at radius 3 is 2.91 bits per heavy atom. The van der Waals surface area contributed by atoms with Crippen molar-refractivity contribution in [2.45, 2.75) is 13.5 Å². The molecule has 0 fully saturated rings. The summed E-state index contributed by atoms with van der Waals surface area (Å²) >= 11 is 8.67. The van der Waals surface area contributed by atoms with Crippen LogP contribution in [-0.2, 0) is 11.3 Å². The topological polar surface area (TPSA) is 52.1 Å². The average molecular weight is 351 g/mol. The van der Waals surface area contributed by atoms with Gasteiger partial charge in [-0.25, -0.2) is 14.8 Å². The Morgan fingerprint density at radius 1 is 1.36 bits per heavy atom. The monoisotopic (exact) mass is 350 g/mol. The summed E-state index contributed by atoms with van der Waals surface area (Å²) in [6, 6.07) is 7.39. The van der Waals surface area contributed by atoms with Crippen molar-refractivity contribution >= 4 is 40.2 Å². The minimum atomic E-state index is -0.368. The minimum Gasteiger partial charge on any atom is -0.457 e. The number of thiophene rings is 1. The van der Waals surface area contributed by atoms with Gasteiger partial charge in [-0.2, -0.15) is 0 Å².